The van der Waals surface area contributed by atoms with Crippen molar-refractivity contribution in [2.24, 2.45) is 12.8 Å². The summed E-state index contributed by atoms with van der Waals surface area (Å²) >= 11 is 0. The lowest BCUT2D eigenvalue weighted by molar-refractivity contribution is 0.687. The highest BCUT2D eigenvalue weighted by atomic mass is 15.3. The number of aromatic nitrogens is 2. The first-order chi connectivity index (χ1) is 5.04. The molecule has 0 saturated carbocycles. The minimum Gasteiger partial charge on any atom is -0.323 e. The normalized spacial score (nSPS) is 13.5. The molecule has 62 valence electrons. The third kappa shape index (κ3) is 1.28. The van der Waals surface area contributed by atoms with Gasteiger partial charge >= 0.3 is 0 Å². The van der Waals surface area contributed by atoms with Crippen molar-refractivity contribution in [3.8, 4) is 0 Å². The van der Waals surface area contributed by atoms with Crippen LogP contribution in [0.15, 0.2) is 0 Å². The number of hydrogen-bond acceptors (Lipinski definition) is 2. The molecule has 11 heavy (non-hydrogen) atoms. The van der Waals surface area contributed by atoms with Crippen molar-refractivity contribution < 1.29 is 0 Å². The number of hydrogen-bond donors (Lipinski definition) is 1. The van der Waals surface area contributed by atoms with Crippen LogP contribution in [0.2, 0.25) is 0 Å². The Morgan fingerprint density at radius 2 is 2.00 bits per heavy atom. The van der Waals surface area contributed by atoms with Crippen LogP contribution < -0.4 is 5.73 Å². The Hall–Kier alpha value is -0.830. The van der Waals surface area contributed by atoms with Crippen molar-refractivity contribution >= 4 is 0 Å². The van der Waals surface area contributed by atoms with Crippen LogP contribution in [-0.4, -0.2) is 9.78 Å². The zero-order chi connectivity index (χ0) is 8.59. The molecular weight excluding hydrogens is 138 g/mol. The van der Waals surface area contributed by atoms with Gasteiger partial charge in [0, 0.05) is 18.8 Å². The smallest absolute Gasteiger partial charge is 0.0820 e. The summed E-state index contributed by atoms with van der Waals surface area (Å²) in [7, 11) is 1.94. The van der Waals surface area contributed by atoms with Gasteiger partial charge < -0.3 is 5.73 Å². The first kappa shape index (κ1) is 8.27. The molecule has 2 N–H and O–H groups in total. The molecule has 0 aliphatic rings. The van der Waals surface area contributed by atoms with Crippen molar-refractivity contribution in [2.75, 3.05) is 0 Å². The summed E-state index contributed by atoms with van der Waals surface area (Å²) in [6.07, 6.45) is 0. The van der Waals surface area contributed by atoms with Gasteiger partial charge in [-0.05, 0) is 26.3 Å². The number of nitrogens with zero attached hydrogens (tertiary/aromatic N) is 2. The fourth-order valence-electron chi connectivity index (χ4n) is 1.17. The van der Waals surface area contributed by atoms with Gasteiger partial charge in [-0.15, -0.1) is 0 Å². The standard InChI is InChI=1S/C8H15N3/c1-5-7(3)11(4)10-8(5)6(2)9/h6H,9H2,1-4H3. The molecule has 0 amide bonds. The van der Waals surface area contributed by atoms with Gasteiger partial charge in [0.15, 0.2) is 0 Å². The van der Waals surface area contributed by atoms with E-state index < -0.39 is 0 Å². The van der Waals surface area contributed by atoms with E-state index in [1.165, 1.54) is 11.3 Å². The number of rotatable bonds is 1. The predicted molar refractivity (Wildman–Crippen MR) is 45.3 cm³/mol. The molecule has 1 rings (SSSR count). The Balaban J connectivity index is 3.19. The summed E-state index contributed by atoms with van der Waals surface area (Å²) in [6.45, 7) is 6.06. The van der Waals surface area contributed by atoms with E-state index >= 15 is 0 Å². The number of nitrogens with two attached hydrogens (primary N) is 1. The van der Waals surface area contributed by atoms with Crippen LogP contribution >= 0.6 is 0 Å². The van der Waals surface area contributed by atoms with E-state index in [-0.39, 0.29) is 6.04 Å². The van der Waals surface area contributed by atoms with E-state index in [0.29, 0.717) is 0 Å². The van der Waals surface area contributed by atoms with Gasteiger partial charge in [-0.2, -0.15) is 5.10 Å². The van der Waals surface area contributed by atoms with Gasteiger partial charge in [0.1, 0.15) is 0 Å². The quantitative estimate of drug-likeness (QED) is 0.655. The molecule has 1 aromatic rings. The minimum atomic E-state index is 0.0369. The van der Waals surface area contributed by atoms with E-state index in [1.807, 2.05) is 25.6 Å². The minimum absolute atomic E-state index is 0.0369. The Morgan fingerprint density at radius 3 is 2.18 bits per heavy atom. The van der Waals surface area contributed by atoms with E-state index in [2.05, 4.69) is 12.0 Å². The van der Waals surface area contributed by atoms with Gasteiger partial charge in [-0.25, -0.2) is 0 Å². The largest absolute Gasteiger partial charge is 0.323 e. The molecule has 1 heterocycles. The van der Waals surface area contributed by atoms with E-state index in [9.17, 15) is 0 Å². The topological polar surface area (TPSA) is 43.8 Å². The lowest BCUT2D eigenvalue weighted by Crippen LogP contribution is -2.07. The summed E-state index contributed by atoms with van der Waals surface area (Å²) in [4.78, 5) is 0. The average Bonchev–Trinajstić information content (AvgIpc) is 2.17. The van der Waals surface area contributed by atoms with Crippen LogP contribution in [0.1, 0.15) is 29.9 Å². The van der Waals surface area contributed by atoms with Gasteiger partial charge in [-0.1, -0.05) is 0 Å². The summed E-state index contributed by atoms with van der Waals surface area (Å²) in [5.41, 5.74) is 9.13. The molecule has 1 atom stereocenters. The van der Waals surface area contributed by atoms with Gasteiger partial charge in [0.25, 0.3) is 0 Å². The fourth-order valence-corrected chi connectivity index (χ4v) is 1.17. The van der Waals surface area contributed by atoms with E-state index in [0.717, 1.165) is 5.69 Å². The summed E-state index contributed by atoms with van der Waals surface area (Å²) in [5, 5.41) is 4.30. The second-order valence-corrected chi connectivity index (χ2v) is 3.01. The van der Waals surface area contributed by atoms with Crippen molar-refractivity contribution in [3.05, 3.63) is 17.0 Å². The third-order valence-corrected chi connectivity index (χ3v) is 2.10. The zero-order valence-corrected chi connectivity index (χ0v) is 7.55. The molecule has 1 unspecified atom stereocenters. The van der Waals surface area contributed by atoms with Crippen molar-refractivity contribution in [1.82, 2.24) is 9.78 Å². The maximum Gasteiger partial charge on any atom is 0.0820 e. The molecule has 0 aromatic carbocycles. The van der Waals surface area contributed by atoms with Gasteiger partial charge in [0.05, 0.1) is 5.69 Å². The van der Waals surface area contributed by atoms with Crippen LogP contribution in [-0.2, 0) is 7.05 Å². The Kier molecular flexibility index (Phi) is 2.00. The first-order valence-electron chi connectivity index (χ1n) is 3.79. The monoisotopic (exact) mass is 153 g/mol. The molecular formula is C8H15N3. The molecule has 1 aromatic heterocycles. The predicted octanol–water partition coefficient (Wildman–Crippen LogP) is 1.06. The highest BCUT2D eigenvalue weighted by Crippen LogP contribution is 2.15. The lowest BCUT2D eigenvalue weighted by atomic mass is 10.1. The lowest BCUT2D eigenvalue weighted by Gasteiger charge is -2.00. The Labute approximate surface area is 67.2 Å². The SMILES string of the molecule is Cc1c(C(C)N)nn(C)c1C. The molecule has 0 aliphatic carbocycles. The Bertz CT molecular complexity index is 261. The van der Waals surface area contributed by atoms with Crippen LogP contribution in [0, 0.1) is 13.8 Å². The highest BCUT2D eigenvalue weighted by Gasteiger charge is 2.10. The molecule has 0 bridgehead atoms. The molecule has 0 spiro atoms. The summed E-state index contributed by atoms with van der Waals surface area (Å²) in [5.74, 6) is 0. The molecule has 3 nitrogen and oxygen atoms in total. The maximum absolute atomic E-state index is 5.72. The van der Waals surface area contributed by atoms with Gasteiger partial charge in [-0.3, -0.25) is 4.68 Å². The molecule has 0 radical (unpaired) electrons. The van der Waals surface area contributed by atoms with Crippen LogP contribution in [0.3, 0.4) is 0 Å². The van der Waals surface area contributed by atoms with E-state index in [4.69, 9.17) is 5.73 Å². The first-order valence-corrected chi connectivity index (χ1v) is 3.79. The summed E-state index contributed by atoms with van der Waals surface area (Å²) in [6, 6.07) is 0.0369. The molecule has 0 saturated heterocycles. The third-order valence-electron chi connectivity index (χ3n) is 2.10. The zero-order valence-electron chi connectivity index (χ0n) is 7.55. The number of aryl methyl sites for hydroxylation is 1. The highest BCUT2D eigenvalue weighted by molar-refractivity contribution is 5.25. The molecule has 0 fully saturated rings. The Morgan fingerprint density at radius 1 is 1.45 bits per heavy atom. The van der Waals surface area contributed by atoms with E-state index in [1.54, 1.807) is 0 Å². The molecule has 0 aliphatic heterocycles. The van der Waals surface area contributed by atoms with Crippen LogP contribution in [0.5, 0.6) is 0 Å². The van der Waals surface area contributed by atoms with Gasteiger partial charge in [0.2, 0.25) is 0 Å². The average molecular weight is 153 g/mol. The van der Waals surface area contributed by atoms with Crippen molar-refractivity contribution in [2.45, 2.75) is 26.8 Å². The fraction of sp³-hybridized carbons (Fsp3) is 0.625. The second-order valence-electron chi connectivity index (χ2n) is 3.01. The van der Waals surface area contributed by atoms with Crippen molar-refractivity contribution in [3.63, 3.8) is 0 Å². The van der Waals surface area contributed by atoms with Crippen LogP contribution in [0.4, 0.5) is 0 Å². The second kappa shape index (κ2) is 2.66. The van der Waals surface area contributed by atoms with Crippen LogP contribution in [0.25, 0.3) is 0 Å². The van der Waals surface area contributed by atoms with Crippen molar-refractivity contribution in [1.29, 1.82) is 0 Å². The maximum atomic E-state index is 5.72. The summed E-state index contributed by atoms with van der Waals surface area (Å²) < 4.78 is 1.87. The molecule has 3 heteroatoms.